The van der Waals surface area contributed by atoms with Gasteiger partial charge in [0, 0.05) is 5.71 Å². The van der Waals surface area contributed by atoms with Gasteiger partial charge in [-0.05, 0) is 12.5 Å². The van der Waals surface area contributed by atoms with Crippen LogP contribution in [-0.2, 0) is 0 Å². The van der Waals surface area contributed by atoms with Gasteiger partial charge in [-0.25, -0.2) is 0 Å². The second kappa shape index (κ2) is 10.9. The number of rotatable bonds is 1. The molecule has 0 radical (unpaired) electrons. The number of benzene rings is 1. The molecule has 0 amide bonds. The van der Waals surface area contributed by atoms with E-state index in [1.54, 1.807) is 6.92 Å². The van der Waals surface area contributed by atoms with Gasteiger partial charge in [0.15, 0.2) is 0 Å². The molecule has 0 aromatic heterocycles. The van der Waals surface area contributed by atoms with Crippen LogP contribution in [0.15, 0.2) is 30.3 Å². The van der Waals surface area contributed by atoms with Crippen molar-refractivity contribution in [3.8, 4) is 0 Å². The van der Waals surface area contributed by atoms with Crippen LogP contribution >= 0.6 is 0 Å². The standard InChI is InChI=1S/C8H9N.2C2H6/c1-7(9)8-5-3-2-4-6-8;2*1-2/h2-6,9H,1H3;2*1-2H3. The summed E-state index contributed by atoms with van der Waals surface area (Å²) in [6.45, 7) is 9.79. The number of hydrogen-bond donors (Lipinski definition) is 1. The third-order valence-electron chi connectivity index (χ3n) is 1.21. The molecule has 0 aliphatic rings. The van der Waals surface area contributed by atoms with E-state index in [9.17, 15) is 0 Å². The van der Waals surface area contributed by atoms with E-state index in [1.807, 2.05) is 58.0 Å². The summed E-state index contributed by atoms with van der Waals surface area (Å²) in [5.41, 5.74) is 1.62. The summed E-state index contributed by atoms with van der Waals surface area (Å²) in [6.07, 6.45) is 0. The molecule has 1 N–H and O–H groups in total. The summed E-state index contributed by atoms with van der Waals surface area (Å²) >= 11 is 0. The van der Waals surface area contributed by atoms with Crippen LogP contribution in [0.5, 0.6) is 0 Å². The van der Waals surface area contributed by atoms with Crippen LogP contribution in [0.1, 0.15) is 40.2 Å². The van der Waals surface area contributed by atoms with E-state index in [4.69, 9.17) is 5.41 Å². The maximum Gasteiger partial charge on any atom is 0.0355 e. The lowest BCUT2D eigenvalue weighted by atomic mass is 10.1. The molecule has 74 valence electrons. The van der Waals surface area contributed by atoms with Crippen molar-refractivity contribution in [3.05, 3.63) is 35.9 Å². The minimum atomic E-state index is 0.621. The molecule has 13 heavy (non-hydrogen) atoms. The molecule has 1 nitrogen and oxygen atoms in total. The molecule has 1 rings (SSSR count). The zero-order valence-electron chi connectivity index (χ0n) is 9.39. The summed E-state index contributed by atoms with van der Waals surface area (Å²) in [6, 6.07) is 9.69. The molecule has 1 heteroatoms. The van der Waals surface area contributed by atoms with Crippen LogP contribution in [0.2, 0.25) is 0 Å². The fourth-order valence-electron chi connectivity index (χ4n) is 0.688. The van der Waals surface area contributed by atoms with Crippen molar-refractivity contribution in [1.29, 1.82) is 5.41 Å². The maximum atomic E-state index is 7.24. The van der Waals surface area contributed by atoms with Gasteiger partial charge in [0.1, 0.15) is 0 Å². The molecule has 0 atom stereocenters. The van der Waals surface area contributed by atoms with Crippen molar-refractivity contribution < 1.29 is 0 Å². The maximum absolute atomic E-state index is 7.24. The van der Waals surface area contributed by atoms with Gasteiger partial charge in [0.2, 0.25) is 0 Å². The van der Waals surface area contributed by atoms with Crippen molar-refractivity contribution >= 4 is 5.71 Å². The van der Waals surface area contributed by atoms with E-state index in [-0.39, 0.29) is 0 Å². The lowest BCUT2D eigenvalue weighted by molar-refractivity contribution is 1.46. The molecule has 0 aliphatic carbocycles. The molecule has 0 saturated heterocycles. The van der Waals surface area contributed by atoms with Crippen LogP contribution in [-0.4, -0.2) is 5.71 Å². The molecule has 0 heterocycles. The molecule has 0 spiro atoms. The monoisotopic (exact) mass is 179 g/mol. The summed E-state index contributed by atoms with van der Waals surface area (Å²) in [5.74, 6) is 0. The Kier molecular flexibility index (Phi) is 12.1. The van der Waals surface area contributed by atoms with E-state index in [0.29, 0.717) is 5.71 Å². The Balaban J connectivity index is 0. The van der Waals surface area contributed by atoms with E-state index in [1.165, 1.54) is 0 Å². The topological polar surface area (TPSA) is 23.9 Å². The van der Waals surface area contributed by atoms with Gasteiger partial charge < -0.3 is 5.41 Å². The molecule has 0 bridgehead atoms. The van der Waals surface area contributed by atoms with Crippen LogP contribution in [0.25, 0.3) is 0 Å². The first-order valence-corrected chi connectivity index (χ1v) is 4.91. The second-order valence-electron chi connectivity index (χ2n) is 1.99. The Morgan fingerprint density at radius 3 is 1.54 bits per heavy atom. The molecule has 0 aliphatic heterocycles. The normalized spacial score (nSPS) is 7.15. The second-order valence-corrected chi connectivity index (χ2v) is 1.99. The highest BCUT2D eigenvalue weighted by atomic mass is 14.4. The molecule has 0 unspecified atom stereocenters. The molecular weight excluding hydrogens is 158 g/mol. The Morgan fingerprint density at radius 1 is 0.923 bits per heavy atom. The minimum Gasteiger partial charge on any atom is -0.305 e. The highest BCUT2D eigenvalue weighted by Gasteiger charge is 1.88. The fourth-order valence-corrected chi connectivity index (χ4v) is 0.688. The van der Waals surface area contributed by atoms with E-state index in [2.05, 4.69) is 0 Å². The summed E-state index contributed by atoms with van der Waals surface area (Å²) < 4.78 is 0. The average Bonchev–Trinajstić information content (AvgIpc) is 2.25. The quantitative estimate of drug-likeness (QED) is 0.627. The van der Waals surface area contributed by atoms with Gasteiger partial charge >= 0.3 is 0 Å². The predicted octanol–water partition coefficient (Wildman–Crippen LogP) is 4.13. The van der Waals surface area contributed by atoms with Gasteiger partial charge in [-0.3, -0.25) is 0 Å². The van der Waals surface area contributed by atoms with Gasteiger partial charge in [0.25, 0.3) is 0 Å². The van der Waals surface area contributed by atoms with Crippen LogP contribution in [0.3, 0.4) is 0 Å². The van der Waals surface area contributed by atoms with Crippen molar-refractivity contribution in [2.45, 2.75) is 34.6 Å². The van der Waals surface area contributed by atoms with Crippen LogP contribution in [0.4, 0.5) is 0 Å². The third kappa shape index (κ3) is 7.26. The first-order valence-electron chi connectivity index (χ1n) is 4.91. The van der Waals surface area contributed by atoms with Crippen molar-refractivity contribution in [2.24, 2.45) is 0 Å². The van der Waals surface area contributed by atoms with Gasteiger partial charge in [-0.1, -0.05) is 58.0 Å². The minimum absolute atomic E-state index is 0.621. The van der Waals surface area contributed by atoms with Crippen LogP contribution in [0, 0.1) is 5.41 Å². The Bertz CT molecular complexity index is 202. The first kappa shape index (κ1) is 14.4. The summed E-state index contributed by atoms with van der Waals surface area (Å²) in [7, 11) is 0. The molecule has 0 saturated carbocycles. The highest BCUT2D eigenvalue weighted by molar-refractivity contribution is 5.96. The Morgan fingerprint density at radius 2 is 1.31 bits per heavy atom. The first-order chi connectivity index (χ1) is 6.30. The van der Waals surface area contributed by atoms with Crippen molar-refractivity contribution in [1.82, 2.24) is 0 Å². The summed E-state index contributed by atoms with van der Waals surface area (Å²) in [4.78, 5) is 0. The smallest absolute Gasteiger partial charge is 0.0355 e. The van der Waals surface area contributed by atoms with E-state index >= 15 is 0 Å². The zero-order valence-corrected chi connectivity index (χ0v) is 9.39. The van der Waals surface area contributed by atoms with Gasteiger partial charge in [-0.2, -0.15) is 0 Å². The summed E-state index contributed by atoms with van der Waals surface area (Å²) in [5, 5.41) is 7.24. The number of hydrogen-bond acceptors (Lipinski definition) is 1. The van der Waals surface area contributed by atoms with Crippen LogP contribution < -0.4 is 0 Å². The van der Waals surface area contributed by atoms with E-state index in [0.717, 1.165) is 5.56 Å². The Labute approximate surface area is 82.3 Å². The molecule has 1 aromatic carbocycles. The lowest BCUT2D eigenvalue weighted by Crippen LogP contribution is -1.88. The zero-order chi connectivity index (χ0) is 10.7. The Hall–Kier alpha value is -1.11. The highest BCUT2D eigenvalue weighted by Crippen LogP contribution is 1.97. The molecular formula is C12H21N. The van der Waals surface area contributed by atoms with Crippen molar-refractivity contribution in [3.63, 3.8) is 0 Å². The van der Waals surface area contributed by atoms with Gasteiger partial charge in [0.05, 0.1) is 0 Å². The lowest BCUT2D eigenvalue weighted by Gasteiger charge is -1.92. The molecule has 0 fully saturated rings. The SMILES string of the molecule is CC.CC.CC(=N)c1ccccc1. The number of nitrogens with one attached hydrogen (secondary N) is 1. The third-order valence-corrected chi connectivity index (χ3v) is 1.21. The van der Waals surface area contributed by atoms with Gasteiger partial charge in [-0.15, -0.1) is 0 Å². The van der Waals surface area contributed by atoms with E-state index < -0.39 is 0 Å². The predicted molar refractivity (Wildman–Crippen MR) is 61.6 cm³/mol. The van der Waals surface area contributed by atoms with Crippen molar-refractivity contribution in [2.75, 3.05) is 0 Å². The largest absolute Gasteiger partial charge is 0.305 e. The molecule has 1 aromatic rings. The fraction of sp³-hybridized carbons (Fsp3) is 0.417. The average molecular weight is 179 g/mol.